The zero-order valence-electron chi connectivity index (χ0n) is 22.3. The first kappa shape index (κ1) is 29.8. The van der Waals surface area contributed by atoms with E-state index in [-0.39, 0.29) is 25.5 Å². The summed E-state index contributed by atoms with van der Waals surface area (Å²) in [6.45, 7) is 13.0. The van der Waals surface area contributed by atoms with E-state index >= 15 is 0 Å². The van der Waals surface area contributed by atoms with Gasteiger partial charge in [-0.2, -0.15) is 0 Å². The highest BCUT2D eigenvalue weighted by atomic mass is 32.2. The summed E-state index contributed by atoms with van der Waals surface area (Å²) in [7, 11) is 0. The number of hydrogen-bond acceptors (Lipinski definition) is 7. The molecule has 208 valence electrons. The van der Waals surface area contributed by atoms with Gasteiger partial charge in [0.15, 0.2) is 5.16 Å². The van der Waals surface area contributed by atoms with Crippen LogP contribution >= 0.6 is 11.8 Å². The molecule has 2 N–H and O–H groups in total. The molecule has 9 heteroatoms. The van der Waals surface area contributed by atoms with Gasteiger partial charge in [0, 0.05) is 31.9 Å². The summed E-state index contributed by atoms with van der Waals surface area (Å²) in [5, 5.41) is 4.05. The average Bonchev–Trinajstić information content (AvgIpc) is 3.27. The maximum Gasteiger partial charge on any atom is 0.238 e. The molecule has 0 spiro atoms. The predicted molar refractivity (Wildman–Crippen MR) is 158 cm³/mol. The summed E-state index contributed by atoms with van der Waals surface area (Å²) in [5.74, 6) is 2.24. The second kappa shape index (κ2) is 14.4. The number of carbonyl (C=O) groups is 1. The summed E-state index contributed by atoms with van der Waals surface area (Å²) < 4.78 is 11.9. The zero-order chi connectivity index (χ0) is 26.2. The minimum atomic E-state index is -0.0518. The van der Waals surface area contributed by atoms with Crippen LogP contribution in [0.5, 0.6) is 11.5 Å². The fraction of sp³-hybridized carbons (Fsp3) is 0.517. The van der Waals surface area contributed by atoms with Gasteiger partial charge in [0.1, 0.15) is 17.2 Å². The highest BCUT2D eigenvalue weighted by Gasteiger charge is 2.21. The second-order valence-corrected chi connectivity index (χ2v) is 11.0. The Morgan fingerprint density at radius 1 is 0.974 bits per heavy atom. The van der Waals surface area contributed by atoms with Crippen LogP contribution in [0.15, 0.2) is 47.6 Å². The summed E-state index contributed by atoms with van der Waals surface area (Å²) >= 11 is 1.78. The van der Waals surface area contributed by atoms with Gasteiger partial charge in [-0.05, 0) is 64.9 Å². The third-order valence-corrected chi connectivity index (χ3v) is 6.99. The maximum absolute atomic E-state index is 13.0. The molecule has 1 aliphatic rings. The maximum atomic E-state index is 13.0. The third-order valence-electron chi connectivity index (χ3n) is 6.03. The van der Waals surface area contributed by atoms with Crippen LogP contribution in [0, 0.1) is 0 Å². The van der Waals surface area contributed by atoms with Gasteiger partial charge in [-0.3, -0.25) is 9.69 Å². The summed E-state index contributed by atoms with van der Waals surface area (Å²) in [6, 6.07) is 13.8. The van der Waals surface area contributed by atoms with Crippen LogP contribution in [0.4, 0.5) is 5.69 Å². The van der Waals surface area contributed by atoms with E-state index < -0.39 is 0 Å². The smallest absolute Gasteiger partial charge is 0.238 e. The molecule has 1 saturated heterocycles. The molecule has 0 radical (unpaired) electrons. The Balaban J connectivity index is 0.00000400. The number of anilines is 1. The Labute approximate surface area is 231 Å². The minimum Gasteiger partial charge on any atom is -0.489 e. The lowest BCUT2D eigenvalue weighted by molar-refractivity contribution is -0.117. The number of fused-ring (bicyclic) bond motifs is 1. The largest absolute Gasteiger partial charge is 0.489 e. The Kier molecular flexibility index (Phi) is 11.3. The second-order valence-electron chi connectivity index (χ2n) is 9.89. The number of amides is 1. The molecule has 0 unspecified atom stereocenters. The summed E-state index contributed by atoms with van der Waals surface area (Å²) in [4.78, 5) is 25.7. The number of nitrogens with zero attached hydrogens (tertiary/aromatic N) is 3. The molecule has 3 aromatic rings. The monoisotopic (exact) mass is 541 g/mol. The topological polar surface area (TPSA) is 82.7 Å². The average molecular weight is 542 g/mol. The molecule has 38 heavy (non-hydrogen) atoms. The molecule has 2 heterocycles. The fourth-order valence-electron chi connectivity index (χ4n) is 4.35. The number of piperazine rings is 1. The van der Waals surface area contributed by atoms with E-state index in [1.54, 1.807) is 11.8 Å². The van der Waals surface area contributed by atoms with Crippen molar-refractivity contribution < 1.29 is 14.3 Å². The van der Waals surface area contributed by atoms with Crippen molar-refractivity contribution in [3.63, 3.8) is 0 Å². The SMILES string of the molecule is C.CC(C)Oc1cccc(OC(C)C)c1NC(=O)CN1CCN(CCCSc2nc3ccccc3[nH]2)CC1. The first-order valence-electron chi connectivity index (χ1n) is 13.2. The number of nitrogens with one attached hydrogen (secondary N) is 2. The van der Waals surface area contributed by atoms with Gasteiger partial charge < -0.3 is 24.7 Å². The summed E-state index contributed by atoms with van der Waals surface area (Å²) in [6.07, 6.45) is 1.10. The van der Waals surface area contributed by atoms with E-state index in [2.05, 4.69) is 31.2 Å². The highest BCUT2D eigenvalue weighted by Crippen LogP contribution is 2.36. The van der Waals surface area contributed by atoms with Crippen molar-refractivity contribution in [1.82, 2.24) is 19.8 Å². The van der Waals surface area contributed by atoms with Crippen LogP contribution in [0.2, 0.25) is 0 Å². The number of benzene rings is 2. The molecule has 1 aromatic heterocycles. The third kappa shape index (κ3) is 8.64. The number of H-pyrrole nitrogens is 1. The number of ether oxygens (including phenoxy) is 2. The normalized spacial score (nSPS) is 14.6. The first-order valence-corrected chi connectivity index (χ1v) is 14.1. The first-order chi connectivity index (χ1) is 17.9. The van der Waals surface area contributed by atoms with Crippen molar-refractivity contribution >= 4 is 34.4 Å². The van der Waals surface area contributed by atoms with Crippen LogP contribution in [0.1, 0.15) is 41.5 Å². The van der Waals surface area contributed by atoms with Crippen molar-refractivity contribution in [2.75, 3.05) is 50.3 Å². The lowest BCUT2D eigenvalue weighted by atomic mass is 10.2. The van der Waals surface area contributed by atoms with Gasteiger partial charge in [0.25, 0.3) is 0 Å². The molecule has 1 aliphatic heterocycles. The van der Waals surface area contributed by atoms with Crippen molar-refractivity contribution in [1.29, 1.82) is 0 Å². The number of thioether (sulfide) groups is 1. The molecular formula is C29H43N5O3S. The molecule has 8 nitrogen and oxygen atoms in total. The number of rotatable bonds is 12. The van der Waals surface area contributed by atoms with Gasteiger partial charge in [-0.25, -0.2) is 4.98 Å². The van der Waals surface area contributed by atoms with Crippen LogP contribution in [0.25, 0.3) is 11.0 Å². The van der Waals surface area contributed by atoms with Crippen molar-refractivity contribution in [3.05, 3.63) is 42.5 Å². The molecule has 0 bridgehead atoms. The minimum absolute atomic E-state index is 0. The van der Waals surface area contributed by atoms with E-state index in [9.17, 15) is 4.79 Å². The van der Waals surface area contributed by atoms with Crippen molar-refractivity contribution in [3.8, 4) is 11.5 Å². The van der Waals surface area contributed by atoms with Gasteiger partial charge in [0.2, 0.25) is 5.91 Å². The molecular weight excluding hydrogens is 498 g/mol. The molecule has 0 saturated carbocycles. The van der Waals surface area contributed by atoms with Crippen molar-refractivity contribution in [2.45, 2.75) is 58.9 Å². The number of aromatic nitrogens is 2. The standard InChI is InChI=1S/C28H39N5O3S.CH4/c1-20(2)35-24-11-7-12-25(36-21(3)4)27(24)31-26(34)19-33-16-14-32(15-17-33)13-8-18-37-28-29-22-9-5-6-10-23(22)30-28;/h5-7,9-12,20-21H,8,13-19H2,1-4H3,(H,29,30)(H,31,34);1H4. The Morgan fingerprint density at radius 3 is 2.24 bits per heavy atom. The van der Waals surface area contributed by atoms with E-state index in [1.165, 1.54) is 0 Å². The fourth-order valence-corrected chi connectivity index (χ4v) is 5.16. The van der Waals surface area contributed by atoms with E-state index in [1.807, 2.05) is 64.1 Å². The molecule has 1 fully saturated rings. The van der Waals surface area contributed by atoms with Gasteiger partial charge in [0.05, 0.1) is 29.8 Å². The van der Waals surface area contributed by atoms with Crippen LogP contribution in [-0.4, -0.2) is 82.9 Å². The molecule has 4 rings (SSSR count). The lowest BCUT2D eigenvalue weighted by Gasteiger charge is -2.34. The Bertz CT molecular complexity index is 1100. The lowest BCUT2D eigenvalue weighted by Crippen LogP contribution is -2.48. The van der Waals surface area contributed by atoms with E-state index in [0.717, 1.165) is 61.1 Å². The number of aromatic amines is 1. The Morgan fingerprint density at radius 2 is 1.61 bits per heavy atom. The molecule has 0 aliphatic carbocycles. The van der Waals surface area contributed by atoms with E-state index in [4.69, 9.17) is 9.47 Å². The van der Waals surface area contributed by atoms with Gasteiger partial charge in [-0.1, -0.05) is 37.4 Å². The Hall–Kier alpha value is -2.75. The number of carbonyl (C=O) groups excluding carboxylic acids is 1. The number of hydrogen-bond donors (Lipinski definition) is 2. The highest BCUT2D eigenvalue weighted by molar-refractivity contribution is 7.99. The number of imidazole rings is 1. The number of para-hydroxylation sites is 3. The quantitative estimate of drug-likeness (QED) is 0.231. The molecule has 0 atom stereocenters. The molecule has 2 aromatic carbocycles. The van der Waals surface area contributed by atoms with Crippen LogP contribution in [-0.2, 0) is 4.79 Å². The van der Waals surface area contributed by atoms with Gasteiger partial charge >= 0.3 is 0 Å². The molecule has 1 amide bonds. The van der Waals surface area contributed by atoms with Gasteiger partial charge in [-0.15, -0.1) is 0 Å². The van der Waals surface area contributed by atoms with Crippen LogP contribution < -0.4 is 14.8 Å². The van der Waals surface area contributed by atoms with E-state index in [0.29, 0.717) is 23.7 Å². The zero-order valence-corrected chi connectivity index (χ0v) is 23.1. The van der Waals surface area contributed by atoms with Crippen molar-refractivity contribution in [2.24, 2.45) is 0 Å². The predicted octanol–water partition coefficient (Wildman–Crippen LogP) is 5.51. The summed E-state index contributed by atoms with van der Waals surface area (Å²) in [5.41, 5.74) is 2.71. The van der Waals surface area contributed by atoms with Crippen LogP contribution in [0.3, 0.4) is 0 Å².